The molecule has 1 unspecified atom stereocenters. The van der Waals surface area contributed by atoms with Crippen molar-refractivity contribution >= 4 is 28.3 Å². The van der Waals surface area contributed by atoms with Gasteiger partial charge in [-0.2, -0.15) is 4.98 Å². The number of carbonyl (C=O) groups excluding carboxylic acids is 1. The topological polar surface area (TPSA) is 108 Å². The minimum atomic E-state index is -1.25. The molecule has 47 heavy (non-hydrogen) atoms. The highest BCUT2D eigenvalue weighted by atomic mass is 19.1. The summed E-state index contributed by atoms with van der Waals surface area (Å²) in [6, 6.07) is 3.04. The van der Waals surface area contributed by atoms with Crippen LogP contribution in [-0.2, 0) is 4.79 Å². The van der Waals surface area contributed by atoms with Gasteiger partial charge in [-0.3, -0.25) is 9.36 Å². The molecule has 1 atom stereocenters. The minimum absolute atomic E-state index is 0.00291. The molecule has 10 nitrogen and oxygen atoms in total. The first-order valence-corrected chi connectivity index (χ1v) is 15.6. The third kappa shape index (κ3) is 5.08. The van der Waals surface area contributed by atoms with Crippen LogP contribution in [0.4, 0.5) is 24.7 Å². The molecule has 4 heterocycles. The second kappa shape index (κ2) is 12.0. The van der Waals surface area contributed by atoms with Crippen LogP contribution in [0.5, 0.6) is 5.75 Å². The van der Waals surface area contributed by atoms with Crippen molar-refractivity contribution in [2.24, 2.45) is 0 Å². The summed E-state index contributed by atoms with van der Waals surface area (Å²) in [7, 11) is 1.62. The van der Waals surface area contributed by atoms with E-state index in [2.05, 4.69) is 21.5 Å². The zero-order valence-corrected chi connectivity index (χ0v) is 26.9. The summed E-state index contributed by atoms with van der Waals surface area (Å²) in [6.45, 7) is 12.1. The summed E-state index contributed by atoms with van der Waals surface area (Å²) in [4.78, 5) is 45.4. The predicted octanol–water partition coefficient (Wildman–Crippen LogP) is 5.26. The Hall–Kier alpha value is -4.94. The van der Waals surface area contributed by atoms with Gasteiger partial charge in [0.15, 0.2) is 11.6 Å². The highest BCUT2D eigenvalue weighted by Crippen LogP contribution is 2.47. The molecule has 0 aliphatic carbocycles. The molecule has 246 valence electrons. The summed E-state index contributed by atoms with van der Waals surface area (Å²) >= 11 is 0. The lowest BCUT2D eigenvalue weighted by atomic mass is 9.95. The van der Waals surface area contributed by atoms with Crippen molar-refractivity contribution in [2.75, 3.05) is 43.0 Å². The second-order valence-electron chi connectivity index (χ2n) is 12.6. The number of phenolic OH excluding ortho intramolecular Hbond substituents is 1. The summed E-state index contributed by atoms with van der Waals surface area (Å²) in [5.41, 5.74) is -1.69. The van der Waals surface area contributed by atoms with E-state index in [0.717, 1.165) is 16.7 Å². The van der Waals surface area contributed by atoms with Gasteiger partial charge in [0.05, 0.1) is 39.3 Å². The number of fused-ring (bicyclic) bond motifs is 2. The average Bonchev–Trinajstić information content (AvgIpc) is 3.03. The quantitative estimate of drug-likeness (QED) is 0.293. The number of anilines is 2. The standard InChI is InChI=1S/C34H36F3N7O3/c1-7-22(46)42-13-14-43-19(15-42)11-12-41(6)30-25-31(27(37)24(26(30)36)23-20(35)9-8-10-21(23)45)44(34(47)40-33(25)43)32-28(17(2)3)38-16-39-29(32)18(4)5/h7-10,16-19,45H,1,11-15H2,2-6H3. The number of hydrogen-bond donors (Lipinski definition) is 1. The van der Waals surface area contributed by atoms with E-state index < -0.39 is 40.0 Å². The Balaban J connectivity index is 1.82. The summed E-state index contributed by atoms with van der Waals surface area (Å²) in [5, 5.41) is 10.8. The lowest BCUT2D eigenvalue weighted by Crippen LogP contribution is -2.56. The van der Waals surface area contributed by atoms with Crippen molar-refractivity contribution in [1.82, 2.24) is 24.4 Å². The Morgan fingerprint density at radius 3 is 2.30 bits per heavy atom. The lowest BCUT2D eigenvalue weighted by Gasteiger charge is -2.44. The maximum atomic E-state index is 17.4. The number of carbonyl (C=O) groups is 1. The fraction of sp³-hybridized carbons (Fsp3) is 0.382. The van der Waals surface area contributed by atoms with E-state index in [1.165, 1.54) is 18.5 Å². The van der Waals surface area contributed by atoms with Gasteiger partial charge in [-0.15, -0.1) is 0 Å². The second-order valence-corrected chi connectivity index (χ2v) is 12.6. The summed E-state index contributed by atoms with van der Waals surface area (Å²) in [5.74, 6) is -4.74. The van der Waals surface area contributed by atoms with E-state index in [9.17, 15) is 14.7 Å². The number of hydrogen-bond acceptors (Lipinski definition) is 8. The van der Waals surface area contributed by atoms with Crippen LogP contribution >= 0.6 is 0 Å². The number of nitrogens with zero attached hydrogens (tertiary/aromatic N) is 7. The van der Waals surface area contributed by atoms with Crippen molar-refractivity contribution in [3.8, 4) is 22.6 Å². The van der Waals surface area contributed by atoms with E-state index in [0.29, 0.717) is 17.8 Å². The Morgan fingerprint density at radius 2 is 1.68 bits per heavy atom. The summed E-state index contributed by atoms with van der Waals surface area (Å²) in [6.07, 6.45) is 3.05. The van der Waals surface area contributed by atoms with Gasteiger partial charge in [0.25, 0.3) is 0 Å². The van der Waals surface area contributed by atoms with Gasteiger partial charge in [0.1, 0.15) is 29.2 Å². The van der Waals surface area contributed by atoms with Gasteiger partial charge < -0.3 is 19.8 Å². The van der Waals surface area contributed by atoms with Gasteiger partial charge in [0, 0.05) is 39.3 Å². The van der Waals surface area contributed by atoms with E-state index in [1.807, 2.05) is 32.6 Å². The first-order valence-electron chi connectivity index (χ1n) is 15.6. The lowest BCUT2D eigenvalue weighted by molar-refractivity contribution is -0.126. The zero-order valence-electron chi connectivity index (χ0n) is 26.9. The van der Waals surface area contributed by atoms with Crippen LogP contribution in [0, 0.1) is 17.5 Å². The van der Waals surface area contributed by atoms with E-state index in [-0.39, 0.29) is 78.1 Å². The maximum absolute atomic E-state index is 17.4. The Kier molecular flexibility index (Phi) is 8.18. The van der Waals surface area contributed by atoms with Crippen LogP contribution in [0.15, 0.2) is 42.0 Å². The van der Waals surface area contributed by atoms with Crippen LogP contribution in [-0.4, -0.2) is 74.7 Å². The molecule has 2 aromatic heterocycles. The number of halogens is 3. The molecule has 0 spiro atoms. The third-order valence-electron chi connectivity index (χ3n) is 9.03. The van der Waals surface area contributed by atoms with Crippen molar-refractivity contribution in [1.29, 1.82) is 0 Å². The Labute approximate surface area is 269 Å². The minimum Gasteiger partial charge on any atom is -0.507 e. The zero-order chi connectivity index (χ0) is 33.9. The highest BCUT2D eigenvalue weighted by Gasteiger charge is 2.38. The molecule has 6 rings (SSSR count). The molecule has 2 aliphatic heterocycles. The van der Waals surface area contributed by atoms with E-state index >= 15 is 13.2 Å². The van der Waals surface area contributed by atoms with Crippen molar-refractivity contribution in [3.63, 3.8) is 0 Å². The molecule has 1 fully saturated rings. The molecule has 2 aromatic carbocycles. The third-order valence-corrected chi connectivity index (χ3v) is 9.03. The number of aromatic hydroxyl groups is 1. The number of amides is 1. The maximum Gasteiger partial charge on any atom is 0.354 e. The van der Waals surface area contributed by atoms with Gasteiger partial charge in [-0.25, -0.2) is 27.9 Å². The SMILES string of the molecule is C=CC(=O)N1CCN2c3nc(=O)n(-c4c(C(C)C)ncnc4C(C)C)c4c(F)c(-c5c(O)cccc5F)c(F)c(c34)N(C)CCC2C1. The Morgan fingerprint density at radius 1 is 1.00 bits per heavy atom. The van der Waals surface area contributed by atoms with Crippen molar-refractivity contribution < 1.29 is 23.1 Å². The number of phenols is 1. The largest absolute Gasteiger partial charge is 0.507 e. The van der Waals surface area contributed by atoms with Gasteiger partial charge in [-0.1, -0.05) is 40.3 Å². The molecule has 1 N–H and O–H groups in total. The molecule has 2 aliphatic rings. The molecule has 0 saturated carbocycles. The van der Waals surface area contributed by atoms with Crippen LogP contribution in [0.2, 0.25) is 0 Å². The smallest absolute Gasteiger partial charge is 0.354 e. The monoisotopic (exact) mass is 647 g/mol. The van der Waals surface area contributed by atoms with E-state index in [4.69, 9.17) is 0 Å². The van der Waals surface area contributed by atoms with Crippen LogP contribution < -0.4 is 15.5 Å². The first-order chi connectivity index (χ1) is 22.4. The van der Waals surface area contributed by atoms with Gasteiger partial charge >= 0.3 is 5.69 Å². The predicted molar refractivity (Wildman–Crippen MR) is 174 cm³/mol. The highest BCUT2D eigenvalue weighted by molar-refractivity contribution is 6.05. The average molecular weight is 648 g/mol. The Bertz CT molecular complexity index is 1950. The molecule has 0 bridgehead atoms. The van der Waals surface area contributed by atoms with Crippen molar-refractivity contribution in [2.45, 2.75) is 52.0 Å². The number of rotatable bonds is 5. The molecule has 0 radical (unpaired) electrons. The fourth-order valence-corrected chi connectivity index (χ4v) is 6.78. The molecule has 4 aromatic rings. The molecule has 1 saturated heterocycles. The van der Waals surface area contributed by atoms with Gasteiger partial charge in [0.2, 0.25) is 5.91 Å². The number of benzene rings is 2. The van der Waals surface area contributed by atoms with Crippen LogP contribution in [0.3, 0.4) is 0 Å². The van der Waals surface area contributed by atoms with Crippen LogP contribution in [0.25, 0.3) is 27.7 Å². The molecular formula is C34H36F3N7O3. The summed E-state index contributed by atoms with van der Waals surface area (Å²) < 4.78 is 50.9. The molecule has 13 heteroatoms. The normalized spacial score (nSPS) is 16.5. The van der Waals surface area contributed by atoms with Gasteiger partial charge in [-0.05, 0) is 36.5 Å². The molecular weight excluding hydrogens is 611 g/mol. The van der Waals surface area contributed by atoms with E-state index in [1.54, 1.807) is 16.8 Å². The number of piperazine rings is 1. The van der Waals surface area contributed by atoms with Crippen molar-refractivity contribution in [3.05, 3.63) is 76.5 Å². The number of aromatic nitrogens is 4. The van der Waals surface area contributed by atoms with Crippen LogP contribution in [0.1, 0.15) is 57.3 Å². The first kappa shape index (κ1) is 32.0. The molecule has 1 amide bonds. The fourth-order valence-electron chi connectivity index (χ4n) is 6.78.